The topological polar surface area (TPSA) is 84.2 Å². The summed E-state index contributed by atoms with van der Waals surface area (Å²) in [7, 11) is 0. The third-order valence-electron chi connectivity index (χ3n) is 3.16. The molecule has 0 bridgehead atoms. The first-order valence-corrected chi connectivity index (χ1v) is 7.87. The number of aromatic nitrogens is 1. The maximum atomic E-state index is 12.0. The van der Waals surface area contributed by atoms with E-state index >= 15 is 0 Å². The van der Waals surface area contributed by atoms with Crippen LogP contribution in [-0.2, 0) is 4.79 Å². The fourth-order valence-electron chi connectivity index (χ4n) is 2.01. The van der Waals surface area contributed by atoms with Crippen LogP contribution in [0.4, 0.5) is 0 Å². The van der Waals surface area contributed by atoms with Crippen molar-refractivity contribution in [3.05, 3.63) is 70.0 Å². The predicted octanol–water partition coefficient (Wildman–Crippen LogP) is 3.61. The molecule has 0 aliphatic carbocycles. The highest BCUT2D eigenvalue weighted by Crippen LogP contribution is 2.20. The Hall–Kier alpha value is -2.83. The maximum absolute atomic E-state index is 12.0. The highest BCUT2D eigenvalue weighted by Gasteiger charge is 2.11. The van der Waals surface area contributed by atoms with E-state index in [1.807, 2.05) is 12.1 Å². The lowest BCUT2D eigenvalue weighted by Crippen LogP contribution is -2.40. The van der Waals surface area contributed by atoms with Gasteiger partial charge in [0.15, 0.2) is 5.58 Å². The number of nitrogens with one attached hydrogen (secondary N) is 2. The molecule has 126 valence electrons. The summed E-state index contributed by atoms with van der Waals surface area (Å²) in [4.78, 5) is 28.0. The van der Waals surface area contributed by atoms with Crippen LogP contribution in [0.2, 0.25) is 10.0 Å². The number of nitrogens with zero attached hydrogens (tertiary/aromatic N) is 1. The van der Waals surface area contributed by atoms with Crippen LogP contribution in [0.15, 0.2) is 53.0 Å². The number of halogens is 2. The highest BCUT2D eigenvalue weighted by molar-refractivity contribution is 6.35. The van der Waals surface area contributed by atoms with E-state index in [1.165, 1.54) is 24.3 Å². The summed E-state index contributed by atoms with van der Waals surface area (Å²) in [5.74, 6) is -0.870. The van der Waals surface area contributed by atoms with Crippen LogP contribution >= 0.6 is 23.2 Å². The lowest BCUT2D eigenvalue weighted by Gasteiger charge is -2.07. The minimum absolute atomic E-state index is 0.150. The number of fused-ring (bicyclic) bond motifs is 1. The average molecular weight is 376 g/mol. The number of hydrogen-bond acceptors (Lipinski definition) is 4. The Balaban J connectivity index is 1.60. The SMILES string of the molecule is O=C(/C=C/c1nc2ccccc2o1)NNC(=O)c1cc(Cl)ccc1Cl. The molecule has 6 nitrogen and oxygen atoms in total. The number of para-hydroxylation sites is 2. The molecule has 3 rings (SSSR count). The van der Waals surface area contributed by atoms with Crippen LogP contribution in [0, 0.1) is 0 Å². The summed E-state index contributed by atoms with van der Waals surface area (Å²) >= 11 is 11.7. The van der Waals surface area contributed by atoms with Gasteiger partial charge in [-0.2, -0.15) is 0 Å². The van der Waals surface area contributed by atoms with Crippen LogP contribution in [0.25, 0.3) is 17.2 Å². The van der Waals surface area contributed by atoms with E-state index in [2.05, 4.69) is 15.8 Å². The van der Waals surface area contributed by atoms with Gasteiger partial charge < -0.3 is 4.42 Å². The zero-order valence-corrected chi connectivity index (χ0v) is 14.1. The Morgan fingerprint density at radius 2 is 1.88 bits per heavy atom. The van der Waals surface area contributed by atoms with Gasteiger partial charge in [0.25, 0.3) is 11.8 Å². The number of hydrogen-bond donors (Lipinski definition) is 2. The van der Waals surface area contributed by atoms with Crippen LogP contribution in [-0.4, -0.2) is 16.8 Å². The molecule has 0 radical (unpaired) electrons. The minimum Gasteiger partial charge on any atom is -0.437 e. The van der Waals surface area contributed by atoms with E-state index in [9.17, 15) is 9.59 Å². The molecule has 0 saturated carbocycles. The second-order valence-electron chi connectivity index (χ2n) is 4.92. The molecule has 25 heavy (non-hydrogen) atoms. The Labute approximate surface area is 152 Å². The summed E-state index contributed by atoms with van der Waals surface area (Å²) in [5, 5.41) is 0.579. The van der Waals surface area contributed by atoms with Gasteiger partial charge in [-0.3, -0.25) is 20.4 Å². The standard InChI is InChI=1S/C17H11Cl2N3O3/c18-10-5-6-12(19)11(9-10)17(24)22-21-15(23)7-8-16-20-13-3-1-2-4-14(13)25-16/h1-9H,(H,21,23)(H,22,24)/b8-7+. The fraction of sp³-hybridized carbons (Fsp3) is 0. The Kier molecular flexibility index (Phi) is 5.02. The zero-order chi connectivity index (χ0) is 17.8. The molecule has 8 heteroatoms. The fourth-order valence-corrected chi connectivity index (χ4v) is 2.38. The number of oxazole rings is 1. The molecule has 0 unspecified atom stereocenters. The first kappa shape index (κ1) is 17.0. The highest BCUT2D eigenvalue weighted by atomic mass is 35.5. The molecule has 0 fully saturated rings. The summed E-state index contributed by atoms with van der Waals surface area (Å²) < 4.78 is 5.44. The van der Waals surface area contributed by atoms with Crippen molar-refractivity contribution >= 4 is 52.2 Å². The monoisotopic (exact) mass is 375 g/mol. The van der Waals surface area contributed by atoms with Crippen LogP contribution in [0.1, 0.15) is 16.2 Å². The second kappa shape index (κ2) is 7.38. The van der Waals surface area contributed by atoms with Gasteiger partial charge in [-0.15, -0.1) is 0 Å². The smallest absolute Gasteiger partial charge is 0.271 e. The van der Waals surface area contributed by atoms with Gasteiger partial charge in [-0.25, -0.2) is 4.98 Å². The van der Waals surface area contributed by atoms with Crippen molar-refractivity contribution in [3.8, 4) is 0 Å². The first-order chi connectivity index (χ1) is 12.0. The molecule has 0 saturated heterocycles. The van der Waals surface area contributed by atoms with E-state index < -0.39 is 11.8 Å². The van der Waals surface area contributed by atoms with E-state index in [0.29, 0.717) is 16.1 Å². The van der Waals surface area contributed by atoms with Gasteiger partial charge in [0, 0.05) is 17.2 Å². The Morgan fingerprint density at radius 3 is 2.68 bits per heavy atom. The molecule has 0 spiro atoms. The summed E-state index contributed by atoms with van der Waals surface area (Å²) in [5.41, 5.74) is 5.93. The molecule has 0 aliphatic rings. The molecule has 0 aliphatic heterocycles. The number of amides is 2. The second-order valence-corrected chi connectivity index (χ2v) is 5.76. The average Bonchev–Trinajstić information content (AvgIpc) is 3.03. The molecule has 1 heterocycles. The number of carbonyl (C=O) groups is 2. The molecular weight excluding hydrogens is 365 g/mol. The minimum atomic E-state index is -0.587. The quantitative estimate of drug-likeness (QED) is 0.540. The Bertz CT molecular complexity index is 949. The van der Waals surface area contributed by atoms with Crippen molar-refractivity contribution in [3.63, 3.8) is 0 Å². The zero-order valence-electron chi connectivity index (χ0n) is 12.6. The molecule has 0 atom stereocenters. The number of benzene rings is 2. The largest absolute Gasteiger partial charge is 0.437 e. The van der Waals surface area contributed by atoms with E-state index in [-0.39, 0.29) is 16.5 Å². The van der Waals surface area contributed by atoms with Gasteiger partial charge in [0.2, 0.25) is 5.89 Å². The molecular formula is C17H11Cl2N3O3. The van der Waals surface area contributed by atoms with Gasteiger partial charge in [-0.05, 0) is 30.3 Å². The van der Waals surface area contributed by atoms with E-state index in [4.69, 9.17) is 27.6 Å². The molecule has 2 amide bonds. The van der Waals surface area contributed by atoms with Crippen molar-refractivity contribution in [2.45, 2.75) is 0 Å². The van der Waals surface area contributed by atoms with Gasteiger partial charge >= 0.3 is 0 Å². The molecule has 2 N–H and O–H groups in total. The maximum Gasteiger partial charge on any atom is 0.271 e. The van der Waals surface area contributed by atoms with E-state index in [1.54, 1.807) is 18.2 Å². The van der Waals surface area contributed by atoms with Crippen LogP contribution < -0.4 is 10.9 Å². The number of hydrazine groups is 1. The number of rotatable bonds is 3. The summed E-state index contributed by atoms with van der Waals surface area (Å²) in [6, 6.07) is 11.7. The molecule has 1 aromatic heterocycles. The van der Waals surface area contributed by atoms with Gasteiger partial charge in [0.05, 0.1) is 10.6 Å². The lowest BCUT2D eigenvalue weighted by atomic mass is 10.2. The van der Waals surface area contributed by atoms with Gasteiger partial charge in [0.1, 0.15) is 5.52 Å². The van der Waals surface area contributed by atoms with Crippen LogP contribution in [0.5, 0.6) is 0 Å². The van der Waals surface area contributed by atoms with Crippen molar-refractivity contribution < 1.29 is 14.0 Å². The molecule has 3 aromatic rings. The van der Waals surface area contributed by atoms with Gasteiger partial charge in [-0.1, -0.05) is 35.3 Å². The van der Waals surface area contributed by atoms with Crippen molar-refractivity contribution in [2.24, 2.45) is 0 Å². The summed E-state index contributed by atoms with van der Waals surface area (Å²) in [6.45, 7) is 0. The normalized spacial score (nSPS) is 11.0. The third-order valence-corrected chi connectivity index (χ3v) is 3.72. The lowest BCUT2D eigenvalue weighted by molar-refractivity contribution is -0.117. The van der Waals surface area contributed by atoms with Crippen molar-refractivity contribution in [1.29, 1.82) is 0 Å². The first-order valence-electron chi connectivity index (χ1n) is 7.12. The Morgan fingerprint density at radius 1 is 1.08 bits per heavy atom. The summed E-state index contributed by atoms with van der Waals surface area (Å²) in [6.07, 6.45) is 2.58. The number of carbonyl (C=O) groups excluding carboxylic acids is 2. The van der Waals surface area contributed by atoms with Crippen molar-refractivity contribution in [2.75, 3.05) is 0 Å². The van der Waals surface area contributed by atoms with Crippen LogP contribution in [0.3, 0.4) is 0 Å². The third kappa shape index (κ3) is 4.17. The molecule has 2 aromatic carbocycles. The van der Waals surface area contributed by atoms with E-state index in [0.717, 1.165) is 0 Å². The predicted molar refractivity (Wildman–Crippen MR) is 95.1 cm³/mol. The van der Waals surface area contributed by atoms with Crippen molar-refractivity contribution in [1.82, 2.24) is 15.8 Å².